The average molecular weight is 544 g/mol. The summed E-state index contributed by atoms with van der Waals surface area (Å²) in [7, 11) is 3.28. The molecule has 0 atom stereocenters. The van der Waals surface area contributed by atoms with Crippen molar-refractivity contribution >= 4 is 28.4 Å². The zero-order chi connectivity index (χ0) is 28.4. The first-order chi connectivity index (χ1) is 19.2. The maximum absolute atomic E-state index is 13.2. The Morgan fingerprint density at radius 1 is 0.950 bits per heavy atom. The maximum Gasteiger partial charge on any atom is 0.416 e. The van der Waals surface area contributed by atoms with Crippen molar-refractivity contribution in [1.29, 1.82) is 0 Å². The van der Waals surface area contributed by atoms with Gasteiger partial charge >= 0.3 is 6.18 Å². The Labute approximate surface area is 228 Å². The molecule has 2 N–H and O–H groups in total. The summed E-state index contributed by atoms with van der Waals surface area (Å²) in [4.78, 5) is 26.7. The van der Waals surface area contributed by atoms with Gasteiger partial charge in [-0.1, -0.05) is 18.2 Å². The molecular weight excluding hydrogens is 519 g/mol. The molecule has 3 aromatic carbocycles. The molecule has 0 spiro atoms. The Balaban J connectivity index is 1.64. The van der Waals surface area contributed by atoms with Crippen LogP contribution in [0.5, 0.6) is 5.75 Å². The number of amides is 1. The number of rotatable bonds is 6. The molecule has 2 heterocycles. The smallest absolute Gasteiger partial charge is 0.416 e. The van der Waals surface area contributed by atoms with Gasteiger partial charge in [0, 0.05) is 41.6 Å². The van der Waals surface area contributed by atoms with Crippen LogP contribution in [0.4, 0.5) is 24.8 Å². The fourth-order valence-corrected chi connectivity index (χ4v) is 4.47. The number of fused-ring (bicyclic) bond motifs is 1. The summed E-state index contributed by atoms with van der Waals surface area (Å²) in [6.07, 6.45) is -1.14. The number of ether oxygens (including phenoxy) is 1. The van der Waals surface area contributed by atoms with Crippen LogP contribution in [0, 0.1) is 6.92 Å². The van der Waals surface area contributed by atoms with E-state index in [0.29, 0.717) is 39.6 Å². The Kier molecular flexibility index (Phi) is 7.08. The van der Waals surface area contributed by atoms with Crippen LogP contribution in [0.2, 0.25) is 0 Å². The number of hydrogen-bond donors (Lipinski definition) is 2. The quantitative estimate of drug-likeness (QED) is 0.240. The van der Waals surface area contributed by atoms with Gasteiger partial charge in [-0.05, 0) is 66.6 Å². The molecule has 5 aromatic rings. The van der Waals surface area contributed by atoms with Crippen LogP contribution in [-0.2, 0) is 6.18 Å². The van der Waals surface area contributed by atoms with Crippen molar-refractivity contribution in [3.8, 4) is 28.1 Å². The maximum atomic E-state index is 13.2. The van der Waals surface area contributed by atoms with Crippen molar-refractivity contribution in [1.82, 2.24) is 15.0 Å². The summed E-state index contributed by atoms with van der Waals surface area (Å²) in [6, 6.07) is 17.0. The van der Waals surface area contributed by atoms with E-state index < -0.39 is 17.6 Å². The molecule has 2 aromatic heterocycles. The van der Waals surface area contributed by atoms with E-state index in [2.05, 4.69) is 25.6 Å². The first-order valence-electron chi connectivity index (χ1n) is 12.3. The number of nitrogens with zero attached hydrogens (tertiary/aromatic N) is 3. The topological polar surface area (TPSA) is 89.0 Å². The molecule has 0 fully saturated rings. The molecule has 5 rings (SSSR count). The lowest BCUT2D eigenvalue weighted by molar-refractivity contribution is -0.137. The Morgan fingerprint density at radius 2 is 1.77 bits per heavy atom. The molecule has 1 amide bonds. The molecule has 0 saturated carbocycles. The van der Waals surface area contributed by atoms with E-state index in [1.165, 1.54) is 12.1 Å². The fourth-order valence-electron chi connectivity index (χ4n) is 4.47. The van der Waals surface area contributed by atoms with Crippen LogP contribution < -0.4 is 15.4 Å². The van der Waals surface area contributed by atoms with Crippen LogP contribution in [-0.4, -0.2) is 35.0 Å². The SMILES string of the molecule is CNc1ncc2cc(-c3cc(C(=O)Nc4cccc(C(F)(F)F)c4)ccc3C)c(OC)c(-c3ccccn3)c2n1. The third kappa shape index (κ3) is 5.15. The summed E-state index contributed by atoms with van der Waals surface area (Å²) < 4.78 is 45.4. The highest BCUT2D eigenvalue weighted by Gasteiger charge is 2.30. The van der Waals surface area contributed by atoms with E-state index in [9.17, 15) is 18.0 Å². The zero-order valence-electron chi connectivity index (χ0n) is 21.8. The highest BCUT2D eigenvalue weighted by Crippen LogP contribution is 2.44. The number of alkyl halides is 3. The molecule has 0 aliphatic heterocycles. The van der Waals surface area contributed by atoms with Gasteiger partial charge < -0.3 is 15.4 Å². The van der Waals surface area contributed by atoms with E-state index in [-0.39, 0.29) is 11.3 Å². The van der Waals surface area contributed by atoms with Gasteiger partial charge in [-0.3, -0.25) is 9.78 Å². The van der Waals surface area contributed by atoms with Crippen molar-refractivity contribution < 1.29 is 22.7 Å². The zero-order valence-corrected chi connectivity index (χ0v) is 21.8. The summed E-state index contributed by atoms with van der Waals surface area (Å²) >= 11 is 0. The fraction of sp³-hybridized carbons (Fsp3) is 0.133. The monoisotopic (exact) mass is 543 g/mol. The van der Waals surface area contributed by atoms with Gasteiger partial charge in [0.25, 0.3) is 5.91 Å². The number of halogens is 3. The number of benzene rings is 3. The van der Waals surface area contributed by atoms with Crippen molar-refractivity contribution in [2.45, 2.75) is 13.1 Å². The Bertz CT molecular complexity index is 1720. The molecule has 0 aliphatic carbocycles. The predicted octanol–water partition coefficient (Wildman–Crippen LogP) is 6.99. The van der Waals surface area contributed by atoms with Crippen molar-refractivity contribution in [3.05, 3.63) is 95.8 Å². The molecule has 0 aliphatic rings. The number of hydrogen-bond acceptors (Lipinski definition) is 6. The molecule has 0 saturated heterocycles. The van der Waals surface area contributed by atoms with E-state index in [1.807, 2.05) is 31.2 Å². The average Bonchev–Trinajstić information content (AvgIpc) is 2.96. The van der Waals surface area contributed by atoms with Crippen molar-refractivity contribution in [3.63, 3.8) is 0 Å². The number of aryl methyl sites for hydroxylation is 1. The van der Waals surface area contributed by atoms with E-state index in [1.54, 1.807) is 44.8 Å². The minimum Gasteiger partial charge on any atom is -0.495 e. The van der Waals surface area contributed by atoms with Gasteiger partial charge in [-0.2, -0.15) is 13.2 Å². The first kappa shape index (κ1) is 26.6. The van der Waals surface area contributed by atoms with Gasteiger partial charge in [-0.15, -0.1) is 0 Å². The molecule has 0 radical (unpaired) electrons. The summed E-state index contributed by atoms with van der Waals surface area (Å²) in [5.41, 5.74) is 3.63. The second kappa shape index (κ2) is 10.6. The summed E-state index contributed by atoms with van der Waals surface area (Å²) in [5.74, 6) is 0.390. The van der Waals surface area contributed by atoms with Crippen LogP contribution in [0.1, 0.15) is 21.5 Å². The highest BCUT2D eigenvalue weighted by molar-refractivity contribution is 6.06. The molecule has 0 bridgehead atoms. The van der Waals surface area contributed by atoms with Gasteiger partial charge in [0.2, 0.25) is 5.95 Å². The van der Waals surface area contributed by atoms with E-state index in [0.717, 1.165) is 23.1 Å². The summed E-state index contributed by atoms with van der Waals surface area (Å²) in [5, 5.41) is 6.25. The Morgan fingerprint density at radius 3 is 2.48 bits per heavy atom. The third-order valence-electron chi connectivity index (χ3n) is 6.41. The third-order valence-corrected chi connectivity index (χ3v) is 6.41. The minimum absolute atomic E-state index is 0.0418. The number of anilines is 2. The standard InChI is InChI=1S/C30H24F3N5O2/c1-17-10-11-18(28(39)37-21-8-6-7-20(15-21)30(31,32)33)13-22(17)23-14-19-16-36-29(34-2)38-26(19)25(27(23)40-3)24-9-4-5-12-35-24/h4-16H,1-3H3,(H,37,39)(H,34,36,38). The van der Waals surface area contributed by atoms with Gasteiger partial charge in [0.05, 0.1) is 29.4 Å². The largest absolute Gasteiger partial charge is 0.495 e. The molecule has 202 valence electrons. The molecular formula is C30H24F3N5O2. The first-order valence-corrected chi connectivity index (χ1v) is 12.3. The highest BCUT2D eigenvalue weighted by atomic mass is 19.4. The lowest BCUT2D eigenvalue weighted by Gasteiger charge is -2.18. The predicted molar refractivity (Wildman–Crippen MR) is 148 cm³/mol. The number of pyridine rings is 1. The second-order valence-corrected chi connectivity index (χ2v) is 8.99. The van der Waals surface area contributed by atoms with Crippen LogP contribution in [0.25, 0.3) is 33.3 Å². The lowest BCUT2D eigenvalue weighted by atomic mass is 9.92. The van der Waals surface area contributed by atoms with Crippen LogP contribution >= 0.6 is 0 Å². The number of carbonyl (C=O) groups is 1. The number of methoxy groups -OCH3 is 1. The number of nitrogens with one attached hydrogen (secondary N) is 2. The molecule has 7 nitrogen and oxygen atoms in total. The van der Waals surface area contributed by atoms with Crippen LogP contribution in [0.3, 0.4) is 0 Å². The second-order valence-electron chi connectivity index (χ2n) is 8.99. The number of carbonyl (C=O) groups excluding carboxylic acids is 1. The van der Waals surface area contributed by atoms with Crippen molar-refractivity contribution in [2.75, 3.05) is 24.8 Å². The minimum atomic E-state index is -4.52. The van der Waals surface area contributed by atoms with E-state index >= 15 is 0 Å². The lowest BCUT2D eigenvalue weighted by Crippen LogP contribution is -2.13. The van der Waals surface area contributed by atoms with Gasteiger partial charge in [0.15, 0.2) is 0 Å². The molecule has 0 unspecified atom stereocenters. The van der Waals surface area contributed by atoms with Gasteiger partial charge in [0.1, 0.15) is 5.75 Å². The van der Waals surface area contributed by atoms with Crippen molar-refractivity contribution in [2.24, 2.45) is 0 Å². The van der Waals surface area contributed by atoms with Gasteiger partial charge in [-0.25, -0.2) is 9.97 Å². The molecule has 40 heavy (non-hydrogen) atoms. The van der Waals surface area contributed by atoms with E-state index in [4.69, 9.17) is 4.74 Å². The van der Waals surface area contributed by atoms with Crippen LogP contribution in [0.15, 0.2) is 79.1 Å². The Hall–Kier alpha value is -4.99. The number of aromatic nitrogens is 3. The normalized spacial score (nSPS) is 11.3. The summed E-state index contributed by atoms with van der Waals surface area (Å²) in [6.45, 7) is 1.90. The molecule has 10 heteroatoms.